The highest BCUT2D eigenvalue weighted by molar-refractivity contribution is 5.94. The Balaban J connectivity index is 1.39. The van der Waals surface area contributed by atoms with Crippen LogP contribution in [0.3, 0.4) is 0 Å². The van der Waals surface area contributed by atoms with Gasteiger partial charge in [-0.05, 0) is 38.5 Å². The highest BCUT2D eigenvalue weighted by atomic mass is 16.9. The van der Waals surface area contributed by atoms with E-state index in [0.717, 1.165) is 12.0 Å². The minimum atomic E-state index is -0.542. The Bertz CT molecular complexity index is 736. The Morgan fingerprint density at radius 2 is 2.12 bits per heavy atom. The number of hydrogen-bond donors (Lipinski definition) is 1. The van der Waals surface area contributed by atoms with Crippen molar-refractivity contribution in [1.29, 1.82) is 0 Å². The first-order chi connectivity index (χ1) is 12.2. The average molecular weight is 360 g/mol. The molecule has 1 spiro atoms. The zero-order valence-electron chi connectivity index (χ0n) is 15.3. The van der Waals surface area contributed by atoms with Crippen molar-refractivity contribution in [2.24, 2.45) is 0 Å². The third kappa shape index (κ3) is 3.17. The van der Waals surface area contributed by atoms with Crippen molar-refractivity contribution < 1.29 is 23.8 Å². The van der Waals surface area contributed by atoms with Crippen molar-refractivity contribution in [2.45, 2.75) is 63.9 Å². The van der Waals surface area contributed by atoms with Crippen molar-refractivity contribution in [2.75, 3.05) is 6.54 Å². The van der Waals surface area contributed by atoms with Crippen LogP contribution in [0.1, 0.15) is 49.5 Å². The molecule has 5 rings (SSSR count). The van der Waals surface area contributed by atoms with Crippen molar-refractivity contribution in [3.8, 4) is 0 Å². The lowest BCUT2D eigenvalue weighted by Crippen LogP contribution is -2.45. The summed E-state index contributed by atoms with van der Waals surface area (Å²) in [5.41, 5.74) is 0.909. The lowest BCUT2D eigenvalue weighted by Gasteiger charge is -2.37. The van der Waals surface area contributed by atoms with Gasteiger partial charge in [0.05, 0.1) is 6.04 Å². The zero-order chi connectivity index (χ0) is 18.5. The van der Waals surface area contributed by atoms with Crippen LogP contribution >= 0.6 is 0 Å². The number of nitrogens with one attached hydrogen (secondary N) is 1. The predicted octanol–water partition coefficient (Wildman–Crippen LogP) is 2.40. The molecule has 0 aliphatic carbocycles. The second kappa shape index (κ2) is 5.96. The molecule has 1 atom stereocenters. The van der Waals surface area contributed by atoms with E-state index < -0.39 is 17.5 Å². The maximum Gasteiger partial charge on any atom is 0.407 e. The first-order valence-electron chi connectivity index (χ1n) is 8.97. The highest BCUT2D eigenvalue weighted by Gasteiger charge is 2.64. The summed E-state index contributed by atoms with van der Waals surface area (Å²) in [4.78, 5) is 26.6. The summed E-state index contributed by atoms with van der Waals surface area (Å²) in [5.74, 6) is -0.450. The largest absolute Gasteiger partial charge is 0.444 e. The van der Waals surface area contributed by atoms with Gasteiger partial charge in [-0.1, -0.05) is 12.1 Å². The number of rotatable bonds is 3. The van der Waals surface area contributed by atoms with Crippen LogP contribution in [0.15, 0.2) is 24.3 Å². The molecule has 1 aromatic rings. The molecule has 1 N–H and O–H groups in total. The van der Waals surface area contributed by atoms with Gasteiger partial charge in [0, 0.05) is 31.5 Å². The van der Waals surface area contributed by atoms with Gasteiger partial charge >= 0.3 is 6.09 Å². The van der Waals surface area contributed by atoms with Gasteiger partial charge in [0.2, 0.25) is 0 Å². The first kappa shape index (κ1) is 17.3. The lowest BCUT2D eigenvalue weighted by molar-refractivity contribution is -0.407. The minimum absolute atomic E-state index is 0.000190. The maximum absolute atomic E-state index is 12.9. The Kier molecular flexibility index (Phi) is 3.96. The zero-order valence-corrected chi connectivity index (χ0v) is 15.3. The van der Waals surface area contributed by atoms with Crippen LogP contribution in [0.2, 0.25) is 0 Å². The normalized spacial score (nSPS) is 29.1. The molecule has 2 amide bonds. The molecule has 1 aromatic carbocycles. The molecule has 140 valence electrons. The molecule has 0 aromatic heterocycles. The van der Waals surface area contributed by atoms with E-state index in [2.05, 4.69) is 5.32 Å². The average Bonchev–Trinajstić information content (AvgIpc) is 2.98. The van der Waals surface area contributed by atoms with E-state index >= 15 is 0 Å². The number of benzene rings is 1. The highest BCUT2D eigenvalue weighted by Crippen LogP contribution is 2.52. The molecule has 4 aliphatic heterocycles. The monoisotopic (exact) mass is 360 g/mol. The van der Waals surface area contributed by atoms with Gasteiger partial charge < -0.3 is 24.4 Å². The van der Waals surface area contributed by atoms with Gasteiger partial charge in [0.1, 0.15) is 5.60 Å². The molecule has 4 heterocycles. The number of piperidine rings is 1. The maximum atomic E-state index is 12.9. The Morgan fingerprint density at radius 1 is 1.35 bits per heavy atom. The van der Waals surface area contributed by atoms with E-state index in [1.54, 1.807) is 6.07 Å². The Hall–Kier alpha value is -2.12. The second-order valence-corrected chi connectivity index (χ2v) is 8.09. The number of carbonyl (C=O) groups excluding carboxylic acids is 2. The van der Waals surface area contributed by atoms with E-state index in [4.69, 9.17) is 14.2 Å². The summed E-state index contributed by atoms with van der Waals surface area (Å²) in [6.07, 6.45) is 0.712. The Morgan fingerprint density at radius 3 is 2.85 bits per heavy atom. The third-order valence-electron chi connectivity index (χ3n) is 4.90. The van der Waals surface area contributed by atoms with E-state index in [-0.39, 0.29) is 18.2 Å². The minimum Gasteiger partial charge on any atom is -0.444 e. The number of likely N-dealkylation sites (tertiary alicyclic amines) is 1. The second-order valence-electron chi connectivity index (χ2n) is 8.09. The summed E-state index contributed by atoms with van der Waals surface area (Å²) in [6.45, 7) is 6.39. The summed E-state index contributed by atoms with van der Waals surface area (Å²) < 4.78 is 16.7. The van der Waals surface area contributed by atoms with Gasteiger partial charge in [-0.2, -0.15) is 0 Å². The summed E-state index contributed by atoms with van der Waals surface area (Å²) in [7, 11) is 0. The number of amides is 2. The van der Waals surface area contributed by atoms with Crippen molar-refractivity contribution >= 4 is 12.0 Å². The van der Waals surface area contributed by atoms with Crippen LogP contribution in [-0.2, 0) is 20.8 Å². The lowest BCUT2D eigenvalue weighted by atomic mass is 10.0. The van der Waals surface area contributed by atoms with Crippen LogP contribution in [-0.4, -0.2) is 47.2 Å². The van der Waals surface area contributed by atoms with Crippen LogP contribution in [0, 0.1) is 0 Å². The molecule has 4 saturated heterocycles. The number of nitrogens with zero attached hydrogens (tertiary/aromatic N) is 1. The molecule has 26 heavy (non-hydrogen) atoms. The summed E-state index contributed by atoms with van der Waals surface area (Å²) >= 11 is 0. The van der Waals surface area contributed by atoms with Crippen LogP contribution in [0.4, 0.5) is 4.79 Å². The number of ether oxygens (including phenoxy) is 3. The molecule has 3 bridgehead atoms. The smallest absolute Gasteiger partial charge is 0.407 e. The molecule has 4 aliphatic rings. The van der Waals surface area contributed by atoms with Crippen LogP contribution in [0.25, 0.3) is 0 Å². The summed E-state index contributed by atoms with van der Waals surface area (Å²) in [5, 5.41) is 2.71. The van der Waals surface area contributed by atoms with Gasteiger partial charge in [-0.25, -0.2) is 4.79 Å². The van der Waals surface area contributed by atoms with Crippen LogP contribution < -0.4 is 5.32 Å². The number of alkyl carbamates (subject to hydrolysis) is 1. The van der Waals surface area contributed by atoms with Gasteiger partial charge in [-0.15, -0.1) is 0 Å². The van der Waals surface area contributed by atoms with Gasteiger partial charge in [-0.3, -0.25) is 4.79 Å². The van der Waals surface area contributed by atoms with E-state index in [1.807, 2.05) is 43.9 Å². The summed E-state index contributed by atoms with van der Waals surface area (Å²) in [6, 6.07) is 7.31. The fraction of sp³-hybridized carbons (Fsp3) is 0.579. The SMILES string of the molecule is CC(C)(C)OC(=O)NCc1cccc(C(=O)N2CCC34C[C@H]2C(O3)O4)c1. The standard InChI is InChI=1S/C19H24N2O5/c1-18(2,3)26-17(23)20-11-12-5-4-6-13(9-12)15(22)21-8-7-19-10-14(21)16(24-19)25-19/h4-6,9,14,16H,7-8,10-11H2,1-3H3,(H,20,23)/t14-,16?,19?/m0/s1. The number of carbonyl (C=O) groups is 2. The third-order valence-corrected chi connectivity index (χ3v) is 4.90. The van der Waals surface area contributed by atoms with Crippen LogP contribution in [0.5, 0.6) is 0 Å². The molecule has 7 heteroatoms. The predicted molar refractivity (Wildman–Crippen MR) is 92.3 cm³/mol. The molecular weight excluding hydrogens is 336 g/mol. The van der Waals surface area contributed by atoms with Crippen molar-refractivity contribution in [3.05, 3.63) is 35.4 Å². The van der Waals surface area contributed by atoms with E-state index in [9.17, 15) is 9.59 Å². The fourth-order valence-corrected chi connectivity index (χ4v) is 3.75. The molecule has 0 saturated carbocycles. The van der Waals surface area contributed by atoms with Gasteiger partial charge in [0.15, 0.2) is 12.1 Å². The van der Waals surface area contributed by atoms with E-state index in [1.165, 1.54) is 0 Å². The molecular formula is C19H24N2O5. The van der Waals surface area contributed by atoms with E-state index in [0.29, 0.717) is 25.1 Å². The molecule has 0 radical (unpaired) electrons. The fourth-order valence-electron chi connectivity index (χ4n) is 3.75. The van der Waals surface area contributed by atoms with Gasteiger partial charge in [0.25, 0.3) is 5.91 Å². The molecule has 7 nitrogen and oxygen atoms in total. The molecule has 0 unspecified atom stereocenters. The quantitative estimate of drug-likeness (QED) is 0.896. The topological polar surface area (TPSA) is 77.1 Å². The molecule has 4 fully saturated rings. The van der Waals surface area contributed by atoms with Crippen molar-refractivity contribution in [3.63, 3.8) is 0 Å². The first-order valence-corrected chi connectivity index (χ1v) is 8.97. The van der Waals surface area contributed by atoms with Crippen molar-refractivity contribution in [1.82, 2.24) is 10.2 Å². The number of hydrogen-bond acceptors (Lipinski definition) is 5. The Labute approximate surface area is 152 Å².